The highest BCUT2D eigenvalue weighted by molar-refractivity contribution is 6.01. The molecule has 3 aromatic carbocycles. The van der Waals surface area contributed by atoms with Gasteiger partial charge in [0.25, 0.3) is 0 Å². The Labute approximate surface area is 142 Å². The molecular formula is C22H20O2. The minimum atomic E-state index is -0.752. The summed E-state index contributed by atoms with van der Waals surface area (Å²) in [7, 11) is 0. The minimum absolute atomic E-state index is 0.177. The van der Waals surface area contributed by atoms with Crippen LogP contribution < -0.4 is 0 Å². The van der Waals surface area contributed by atoms with Gasteiger partial charge in [0, 0.05) is 0 Å². The molecule has 24 heavy (non-hydrogen) atoms. The molecule has 2 heteroatoms. The Morgan fingerprint density at radius 1 is 0.958 bits per heavy atom. The second-order valence-corrected chi connectivity index (χ2v) is 6.64. The van der Waals surface area contributed by atoms with Gasteiger partial charge in [-0.25, -0.2) is 0 Å². The summed E-state index contributed by atoms with van der Waals surface area (Å²) in [6, 6.07) is 19.0. The summed E-state index contributed by atoms with van der Waals surface area (Å²) in [4.78, 5) is 12.9. The summed E-state index contributed by atoms with van der Waals surface area (Å²) in [5.74, 6) is -0.177. The van der Waals surface area contributed by atoms with E-state index in [0.29, 0.717) is 6.61 Å². The summed E-state index contributed by atoms with van der Waals surface area (Å²) in [6.45, 7) is 6.31. The Balaban J connectivity index is 2.08. The average molecular weight is 316 g/mol. The number of fused-ring (bicyclic) bond motifs is 4. The maximum Gasteiger partial charge on any atom is 0.320 e. The van der Waals surface area contributed by atoms with E-state index in [-0.39, 0.29) is 5.97 Å². The molecule has 0 N–H and O–H groups in total. The lowest BCUT2D eigenvalue weighted by Gasteiger charge is -2.25. The molecule has 1 atom stereocenters. The molecule has 0 bridgehead atoms. The van der Waals surface area contributed by atoms with E-state index in [0.717, 1.165) is 27.6 Å². The van der Waals surface area contributed by atoms with Crippen molar-refractivity contribution >= 4 is 16.7 Å². The number of rotatable bonds is 2. The number of hydrogen-bond acceptors (Lipinski definition) is 2. The summed E-state index contributed by atoms with van der Waals surface area (Å²) >= 11 is 0. The topological polar surface area (TPSA) is 26.3 Å². The fourth-order valence-corrected chi connectivity index (χ4v) is 3.83. The Morgan fingerprint density at radius 2 is 1.62 bits per heavy atom. The number of hydrogen-bond donors (Lipinski definition) is 0. The summed E-state index contributed by atoms with van der Waals surface area (Å²) in [5, 5.41) is 2.34. The Hall–Kier alpha value is -2.61. The molecule has 0 saturated heterocycles. The Bertz CT molecular complexity index is 971. The van der Waals surface area contributed by atoms with E-state index in [2.05, 4.69) is 49.4 Å². The van der Waals surface area contributed by atoms with Gasteiger partial charge in [0.05, 0.1) is 6.61 Å². The zero-order valence-corrected chi connectivity index (χ0v) is 14.2. The molecule has 0 amide bonds. The summed E-state index contributed by atoms with van der Waals surface area (Å²) in [6.07, 6.45) is 0. The van der Waals surface area contributed by atoms with Gasteiger partial charge in [0.1, 0.15) is 5.41 Å². The average Bonchev–Trinajstić information content (AvgIpc) is 2.83. The second-order valence-electron chi connectivity index (χ2n) is 6.64. The fraction of sp³-hybridized carbons (Fsp3) is 0.227. The number of carbonyl (C=O) groups excluding carboxylic acids is 1. The van der Waals surface area contributed by atoms with Crippen LogP contribution in [0, 0.1) is 6.92 Å². The molecular weight excluding hydrogens is 296 g/mol. The van der Waals surface area contributed by atoms with E-state index >= 15 is 0 Å². The van der Waals surface area contributed by atoms with Crippen molar-refractivity contribution in [3.63, 3.8) is 0 Å². The highest BCUT2D eigenvalue weighted by Gasteiger charge is 2.46. The molecule has 0 radical (unpaired) electrons. The van der Waals surface area contributed by atoms with Gasteiger partial charge in [0.15, 0.2) is 0 Å². The van der Waals surface area contributed by atoms with E-state index in [1.807, 2.05) is 26.0 Å². The van der Waals surface area contributed by atoms with Crippen LogP contribution in [0.15, 0.2) is 54.6 Å². The van der Waals surface area contributed by atoms with Gasteiger partial charge < -0.3 is 4.74 Å². The fourth-order valence-electron chi connectivity index (χ4n) is 3.83. The highest BCUT2D eigenvalue weighted by Crippen LogP contribution is 2.50. The van der Waals surface area contributed by atoms with E-state index in [4.69, 9.17) is 4.74 Å². The van der Waals surface area contributed by atoms with E-state index in [9.17, 15) is 4.79 Å². The van der Waals surface area contributed by atoms with Crippen LogP contribution in [0.1, 0.15) is 30.5 Å². The predicted molar refractivity (Wildman–Crippen MR) is 97.2 cm³/mol. The highest BCUT2D eigenvalue weighted by atomic mass is 16.5. The van der Waals surface area contributed by atoms with Crippen LogP contribution in [0.25, 0.3) is 21.9 Å². The molecule has 0 fully saturated rings. The maximum atomic E-state index is 12.9. The third-order valence-corrected chi connectivity index (χ3v) is 5.11. The van der Waals surface area contributed by atoms with Crippen molar-refractivity contribution in [2.75, 3.05) is 6.61 Å². The normalized spacial score (nSPS) is 18.3. The van der Waals surface area contributed by atoms with Crippen LogP contribution in [0.5, 0.6) is 0 Å². The monoisotopic (exact) mass is 316 g/mol. The smallest absolute Gasteiger partial charge is 0.320 e. The molecule has 1 unspecified atom stereocenters. The van der Waals surface area contributed by atoms with Crippen molar-refractivity contribution in [3.8, 4) is 11.1 Å². The molecule has 120 valence electrons. The van der Waals surface area contributed by atoms with Crippen LogP contribution in [-0.4, -0.2) is 12.6 Å². The van der Waals surface area contributed by atoms with E-state index < -0.39 is 5.41 Å². The van der Waals surface area contributed by atoms with Crippen molar-refractivity contribution in [1.29, 1.82) is 0 Å². The van der Waals surface area contributed by atoms with Crippen LogP contribution in [0.2, 0.25) is 0 Å². The van der Waals surface area contributed by atoms with Crippen LogP contribution >= 0.6 is 0 Å². The largest absolute Gasteiger partial charge is 0.465 e. The van der Waals surface area contributed by atoms with Gasteiger partial charge in [-0.2, -0.15) is 0 Å². The van der Waals surface area contributed by atoms with Gasteiger partial charge in [-0.15, -0.1) is 0 Å². The summed E-state index contributed by atoms with van der Waals surface area (Å²) in [5.41, 5.74) is 4.81. The predicted octanol–water partition coefficient (Wildman–Crippen LogP) is 5.00. The molecule has 2 nitrogen and oxygen atoms in total. The van der Waals surface area contributed by atoms with Crippen molar-refractivity contribution < 1.29 is 9.53 Å². The van der Waals surface area contributed by atoms with Crippen LogP contribution in [0.3, 0.4) is 0 Å². The Morgan fingerprint density at radius 3 is 2.33 bits per heavy atom. The molecule has 0 saturated carbocycles. The lowest BCUT2D eigenvalue weighted by molar-refractivity contribution is -0.147. The molecule has 3 aromatic rings. The molecule has 0 heterocycles. The van der Waals surface area contributed by atoms with Crippen molar-refractivity contribution in [1.82, 2.24) is 0 Å². The van der Waals surface area contributed by atoms with E-state index in [1.165, 1.54) is 10.9 Å². The first-order chi connectivity index (χ1) is 11.6. The Kier molecular flexibility index (Phi) is 3.24. The second kappa shape index (κ2) is 5.20. The quantitative estimate of drug-likeness (QED) is 0.622. The van der Waals surface area contributed by atoms with Gasteiger partial charge in [-0.3, -0.25) is 4.79 Å². The SMILES string of the molecule is CCOC(=O)C1(C)c2ccc(C)cc2-c2cc3ccccc3cc21. The third kappa shape index (κ3) is 1.92. The molecule has 0 spiro atoms. The van der Waals surface area contributed by atoms with E-state index in [1.54, 1.807) is 0 Å². The zero-order chi connectivity index (χ0) is 16.9. The lowest BCUT2D eigenvalue weighted by atomic mass is 9.79. The number of aryl methyl sites for hydroxylation is 1. The number of esters is 1. The van der Waals surface area contributed by atoms with Crippen molar-refractivity contribution in [3.05, 3.63) is 71.3 Å². The van der Waals surface area contributed by atoms with Gasteiger partial charge in [-0.1, -0.05) is 48.0 Å². The maximum absolute atomic E-state index is 12.9. The van der Waals surface area contributed by atoms with Gasteiger partial charge in [0.2, 0.25) is 0 Å². The first kappa shape index (κ1) is 14.9. The standard InChI is InChI=1S/C22H20O2/c1-4-24-21(23)22(3)19-10-9-14(2)11-17(19)18-12-15-7-5-6-8-16(15)13-20(18)22/h5-13H,4H2,1-3H3. The minimum Gasteiger partial charge on any atom is -0.465 e. The first-order valence-corrected chi connectivity index (χ1v) is 8.37. The molecule has 4 rings (SSSR count). The zero-order valence-electron chi connectivity index (χ0n) is 14.2. The van der Waals surface area contributed by atoms with Gasteiger partial charge >= 0.3 is 5.97 Å². The number of benzene rings is 3. The lowest BCUT2D eigenvalue weighted by Crippen LogP contribution is -2.33. The molecule has 1 aliphatic carbocycles. The first-order valence-electron chi connectivity index (χ1n) is 8.37. The van der Waals surface area contributed by atoms with Crippen LogP contribution in [-0.2, 0) is 14.9 Å². The number of ether oxygens (including phenoxy) is 1. The van der Waals surface area contributed by atoms with Crippen molar-refractivity contribution in [2.24, 2.45) is 0 Å². The molecule has 0 aromatic heterocycles. The third-order valence-electron chi connectivity index (χ3n) is 5.11. The molecule has 0 aliphatic heterocycles. The number of carbonyl (C=O) groups is 1. The molecule has 1 aliphatic rings. The van der Waals surface area contributed by atoms with Gasteiger partial charge in [-0.05, 0) is 65.9 Å². The van der Waals surface area contributed by atoms with Crippen molar-refractivity contribution in [2.45, 2.75) is 26.2 Å². The summed E-state index contributed by atoms with van der Waals surface area (Å²) < 4.78 is 5.45. The van der Waals surface area contributed by atoms with Crippen LogP contribution in [0.4, 0.5) is 0 Å².